The number of rotatable bonds is 6. The van der Waals surface area contributed by atoms with Crippen LogP contribution in [0.4, 0.5) is 5.13 Å². The first-order valence-corrected chi connectivity index (χ1v) is 11.9. The van der Waals surface area contributed by atoms with Crippen LogP contribution in [0.15, 0.2) is 41.3 Å². The largest absolute Gasteiger partial charge is 0.376 e. The van der Waals surface area contributed by atoms with Crippen LogP contribution in [0.1, 0.15) is 24.0 Å². The average Bonchev–Trinajstić information content (AvgIpc) is 3.35. The maximum absolute atomic E-state index is 13.2. The molecule has 7 heteroatoms. The molecule has 1 saturated heterocycles. The zero-order chi connectivity index (χ0) is 20.4. The number of hydrogen-bond donors (Lipinski definition) is 0. The van der Waals surface area contributed by atoms with E-state index in [2.05, 4.69) is 31.2 Å². The molecule has 0 saturated carbocycles. The van der Waals surface area contributed by atoms with Crippen LogP contribution in [0.3, 0.4) is 0 Å². The van der Waals surface area contributed by atoms with E-state index in [0.717, 1.165) is 45.3 Å². The second-order valence-electron chi connectivity index (χ2n) is 7.31. The van der Waals surface area contributed by atoms with Gasteiger partial charge in [-0.15, -0.1) is 11.8 Å². The Labute approximate surface area is 184 Å². The van der Waals surface area contributed by atoms with Gasteiger partial charge < -0.3 is 4.74 Å². The van der Waals surface area contributed by atoms with Gasteiger partial charge in [0.15, 0.2) is 5.13 Å². The molecule has 3 aromatic rings. The van der Waals surface area contributed by atoms with Crippen molar-refractivity contribution in [2.24, 2.45) is 0 Å². The van der Waals surface area contributed by atoms with Gasteiger partial charge >= 0.3 is 0 Å². The molecule has 1 fully saturated rings. The Kier molecular flexibility index (Phi) is 6.44. The number of benzene rings is 2. The van der Waals surface area contributed by atoms with E-state index in [9.17, 15) is 4.79 Å². The topological polar surface area (TPSA) is 42.4 Å². The van der Waals surface area contributed by atoms with Crippen molar-refractivity contribution in [1.29, 1.82) is 0 Å². The summed E-state index contributed by atoms with van der Waals surface area (Å²) in [5.74, 6) is 0.416. The highest BCUT2D eigenvalue weighted by Gasteiger charge is 2.26. The summed E-state index contributed by atoms with van der Waals surface area (Å²) in [4.78, 5) is 20.9. The van der Waals surface area contributed by atoms with E-state index in [4.69, 9.17) is 21.3 Å². The lowest BCUT2D eigenvalue weighted by molar-refractivity contribution is -0.116. The van der Waals surface area contributed by atoms with E-state index in [-0.39, 0.29) is 12.0 Å². The summed E-state index contributed by atoms with van der Waals surface area (Å²) in [6.45, 7) is 5.36. The lowest BCUT2D eigenvalue weighted by Gasteiger charge is -2.23. The Hall–Kier alpha value is -1.60. The number of hydrogen-bond acceptors (Lipinski definition) is 5. The molecule has 0 N–H and O–H groups in total. The van der Waals surface area contributed by atoms with E-state index < -0.39 is 0 Å². The van der Waals surface area contributed by atoms with Crippen molar-refractivity contribution in [3.8, 4) is 0 Å². The van der Waals surface area contributed by atoms with Crippen molar-refractivity contribution in [2.75, 3.05) is 23.8 Å². The third-order valence-corrected chi connectivity index (χ3v) is 7.20. The lowest BCUT2D eigenvalue weighted by Crippen LogP contribution is -2.38. The summed E-state index contributed by atoms with van der Waals surface area (Å²) >= 11 is 9.28. The standard InChI is InChI=1S/C22H23ClN2O2S2/c1-14-5-7-18(8-6-14)28-13-20(26)25(12-17-4-3-9-27-17)22-24-21-15(2)10-16(23)11-19(21)29-22/h5-8,10-11,17H,3-4,9,12-13H2,1-2H3. The number of aromatic nitrogens is 1. The van der Waals surface area contributed by atoms with Crippen LogP contribution in [0.5, 0.6) is 0 Å². The third kappa shape index (κ3) is 4.94. The highest BCUT2D eigenvalue weighted by atomic mass is 35.5. The number of anilines is 1. The zero-order valence-corrected chi connectivity index (χ0v) is 18.9. The summed E-state index contributed by atoms with van der Waals surface area (Å²) < 4.78 is 6.80. The molecule has 1 atom stereocenters. The quantitative estimate of drug-likeness (QED) is 0.444. The predicted octanol–water partition coefficient (Wildman–Crippen LogP) is 5.87. The summed E-state index contributed by atoms with van der Waals surface area (Å²) in [5.41, 5.74) is 3.14. The van der Waals surface area contributed by atoms with E-state index in [1.807, 2.05) is 19.1 Å². The fourth-order valence-corrected chi connectivity index (χ4v) is 5.62. The van der Waals surface area contributed by atoms with Gasteiger partial charge in [0.25, 0.3) is 0 Å². The first-order valence-electron chi connectivity index (χ1n) is 9.68. The molecule has 1 unspecified atom stereocenters. The van der Waals surface area contributed by atoms with E-state index in [0.29, 0.717) is 17.3 Å². The van der Waals surface area contributed by atoms with Crippen LogP contribution in [0, 0.1) is 13.8 Å². The fraction of sp³-hybridized carbons (Fsp3) is 0.364. The minimum Gasteiger partial charge on any atom is -0.376 e. The summed E-state index contributed by atoms with van der Waals surface area (Å²) in [6.07, 6.45) is 2.09. The molecule has 4 nitrogen and oxygen atoms in total. The SMILES string of the molecule is Cc1ccc(SCC(=O)N(CC2CCCO2)c2nc3c(C)cc(Cl)cc3s2)cc1. The molecule has 0 spiro atoms. The van der Waals surface area contributed by atoms with Crippen molar-refractivity contribution < 1.29 is 9.53 Å². The maximum atomic E-state index is 13.2. The number of nitrogens with zero attached hydrogens (tertiary/aromatic N) is 2. The van der Waals surface area contributed by atoms with Crippen LogP contribution in [-0.2, 0) is 9.53 Å². The third-order valence-electron chi connectivity index (χ3n) is 4.96. The molecule has 152 valence electrons. The van der Waals surface area contributed by atoms with Crippen molar-refractivity contribution in [1.82, 2.24) is 4.98 Å². The molecule has 29 heavy (non-hydrogen) atoms. The molecule has 2 heterocycles. The summed E-state index contributed by atoms with van der Waals surface area (Å²) in [5, 5.41) is 1.41. The maximum Gasteiger partial charge on any atom is 0.239 e. The molecule has 1 aliphatic heterocycles. The Morgan fingerprint density at radius 1 is 1.31 bits per heavy atom. The highest BCUT2D eigenvalue weighted by Crippen LogP contribution is 2.34. The minimum atomic E-state index is 0.0499. The molecule has 0 radical (unpaired) electrons. The predicted molar refractivity (Wildman–Crippen MR) is 123 cm³/mol. The minimum absolute atomic E-state index is 0.0499. The second-order valence-corrected chi connectivity index (χ2v) is 9.80. The number of thioether (sulfide) groups is 1. The summed E-state index contributed by atoms with van der Waals surface area (Å²) in [7, 11) is 0. The van der Waals surface area contributed by atoms with Gasteiger partial charge in [0.2, 0.25) is 5.91 Å². The monoisotopic (exact) mass is 446 g/mol. The number of carbonyl (C=O) groups is 1. The van der Waals surface area contributed by atoms with Crippen molar-refractivity contribution >= 4 is 56.0 Å². The smallest absolute Gasteiger partial charge is 0.239 e. The van der Waals surface area contributed by atoms with Gasteiger partial charge in [-0.3, -0.25) is 9.69 Å². The molecule has 1 aliphatic rings. The van der Waals surface area contributed by atoms with Crippen LogP contribution in [0.2, 0.25) is 5.02 Å². The van der Waals surface area contributed by atoms with E-state index in [1.54, 1.807) is 16.7 Å². The van der Waals surface area contributed by atoms with Crippen molar-refractivity contribution in [3.05, 3.63) is 52.5 Å². The van der Waals surface area contributed by atoms with Crippen molar-refractivity contribution in [2.45, 2.75) is 37.7 Å². The molecule has 0 bridgehead atoms. The van der Waals surface area contributed by atoms with Gasteiger partial charge in [0.1, 0.15) is 0 Å². The van der Waals surface area contributed by atoms with Crippen molar-refractivity contribution in [3.63, 3.8) is 0 Å². The van der Waals surface area contributed by atoms with E-state index >= 15 is 0 Å². The normalized spacial score (nSPS) is 16.4. The highest BCUT2D eigenvalue weighted by molar-refractivity contribution is 8.00. The number of fused-ring (bicyclic) bond motifs is 1. The number of carbonyl (C=O) groups excluding carboxylic acids is 1. The molecule has 4 rings (SSSR count). The van der Waals surface area contributed by atoms with Gasteiger partial charge in [-0.1, -0.05) is 40.6 Å². The molecule has 1 aromatic heterocycles. The van der Waals surface area contributed by atoms with Gasteiger partial charge in [0.05, 0.1) is 28.6 Å². The fourth-order valence-electron chi connectivity index (χ4n) is 3.39. The van der Waals surface area contributed by atoms with Gasteiger partial charge in [-0.25, -0.2) is 4.98 Å². The van der Waals surface area contributed by atoms with Crippen LogP contribution < -0.4 is 4.90 Å². The molecule has 1 amide bonds. The van der Waals surface area contributed by atoms with Crippen LogP contribution in [-0.4, -0.2) is 35.9 Å². The van der Waals surface area contributed by atoms with Gasteiger partial charge in [0, 0.05) is 16.5 Å². The number of thiazole rings is 1. The molecular formula is C22H23ClN2O2S2. The first-order chi connectivity index (χ1) is 14.0. The molecule has 2 aromatic carbocycles. The number of halogens is 1. The zero-order valence-electron chi connectivity index (χ0n) is 16.5. The number of aryl methyl sites for hydroxylation is 2. The number of ether oxygens (including phenoxy) is 1. The second kappa shape index (κ2) is 9.04. The lowest BCUT2D eigenvalue weighted by atomic mass is 10.2. The Balaban J connectivity index is 1.57. The Bertz CT molecular complexity index is 1010. The van der Waals surface area contributed by atoms with E-state index in [1.165, 1.54) is 16.9 Å². The van der Waals surface area contributed by atoms with Crippen LogP contribution in [0.25, 0.3) is 10.2 Å². The Morgan fingerprint density at radius 3 is 2.83 bits per heavy atom. The molecule has 0 aliphatic carbocycles. The average molecular weight is 447 g/mol. The Morgan fingerprint density at radius 2 is 2.10 bits per heavy atom. The first kappa shape index (κ1) is 20.7. The molecular weight excluding hydrogens is 424 g/mol. The number of amides is 1. The van der Waals surface area contributed by atoms with Gasteiger partial charge in [-0.2, -0.15) is 0 Å². The summed E-state index contributed by atoms with van der Waals surface area (Å²) in [6, 6.07) is 12.1. The van der Waals surface area contributed by atoms with Crippen LogP contribution >= 0.6 is 34.7 Å². The van der Waals surface area contributed by atoms with Gasteiger partial charge in [-0.05, 0) is 56.5 Å².